The lowest BCUT2D eigenvalue weighted by molar-refractivity contribution is -0.120. The van der Waals surface area contributed by atoms with Crippen molar-refractivity contribution in [3.05, 3.63) is 76.3 Å². The molecule has 0 aliphatic carbocycles. The molecule has 0 aliphatic heterocycles. The van der Waals surface area contributed by atoms with Gasteiger partial charge >= 0.3 is 5.97 Å². The lowest BCUT2D eigenvalue weighted by atomic mass is 10.1. The Morgan fingerprint density at radius 2 is 1.60 bits per heavy atom. The molecule has 0 saturated heterocycles. The van der Waals surface area contributed by atoms with Gasteiger partial charge in [-0.2, -0.15) is 5.10 Å². The first-order valence-corrected chi connectivity index (χ1v) is 12.3. The summed E-state index contributed by atoms with van der Waals surface area (Å²) in [7, 11) is 4.35. The van der Waals surface area contributed by atoms with Crippen LogP contribution in [0.4, 0.5) is 0 Å². The predicted molar refractivity (Wildman–Crippen MR) is 148 cm³/mol. The normalized spacial score (nSPS) is 10.5. The van der Waals surface area contributed by atoms with E-state index < -0.39 is 17.8 Å². The number of carbonyl (C=O) groups is 3. The fourth-order valence-corrected chi connectivity index (χ4v) is 3.66. The Morgan fingerprint density at radius 3 is 2.23 bits per heavy atom. The van der Waals surface area contributed by atoms with Crippen LogP contribution in [0.25, 0.3) is 0 Å². The molecule has 40 heavy (non-hydrogen) atoms. The van der Waals surface area contributed by atoms with Crippen molar-refractivity contribution in [1.82, 2.24) is 10.7 Å². The van der Waals surface area contributed by atoms with E-state index in [2.05, 4.69) is 15.8 Å². The molecule has 12 heteroatoms. The summed E-state index contributed by atoms with van der Waals surface area (Å²) in [6.07, 6.45) is 1.38. The maximum absolute atomic E-state index is 12.9. The van der Waals surface area contributed by atoms with Crippen LogP contribution in [0.1, 0.15) is 33.2 Å². The second kappa shape index (κ2) is 14.4. The van der Waals surface area contributed by atoms with Crippen LogP contribution < -0.4 is 34.4 Å². The maximum atomic E-state index is 12.9. The first-order chi connectivity index (χ1) is 19.3. The van der Waals surface area contributed by atoms with E-state index in [0.29, 0.717) is 29.4 Å². The Labute approximate surface area is 236 Å². The minimum Gasteiger partial charge on any atom is -0.493 e. The monoisotopic (exact) mass is 569 g/mol. The van der Waals surface area contributed by atoms with Gasteiger partial charge in [-0.05, 0) is 55.0 Å². The van der Waals surface area contributed by atoms with E-state index in [0.717, 1.165) is 0 Å². The van der Waals surface area contributed by atoms with E-state index in [9.17, 15) is 14.4 Å². The Bertz CT molecular complexity index is 1390. The SMILES string of the molecule is CCOc1cc(/C=N/NC(=O)CNC(=O)c2ccccc2Cl)ccc1OC(=O)c1cc(OC)c(OC)c(OC)c1. The number of halogens is 1. The number of ether oxygens (including phenoxy) is 5. The van der Waals surface area contributed by atoms with Crippen molar-refractivity contribution in [3.8, 4) is 28.7 Å². The Kier molecular flexibility index (Phi) is 10.7. The van der Waals surface area contributed by atoms with Gasteiger partial charge in [0.05, 0.1) is 56.8 Å². The lowest BCUT2D eigenvalue weighted by Crippen LogP contribution is -2.35. The van der Waals surface area contributed by atoms with Crippen molar-refractivity contribution < 1.29 is 38.1 Å². The standard InChI is InChI=1S/C28H28ClN3O8/c1-5-39-22-12-17(15-31-32-25(33)16-30-27(34)19-8-6-7-9-20(19)29)10-11-21(22)40-28(35)18-13-23(36-2)26(38-4)24(14-18)37-3/h6-15H,5,16H2,1-4H3,(H,30,34)(H,32,33)/b31-15+. The zero-order valence-electron chi connectivity index (χ0n) is 22.3. The molecule has 3 aromatic rings. The van der Waals surface area contributed by atoms with Crippen LogP contribution in [0.2, 0.25) is 5.02 Å². The molecule has 0 heterocycles. The minimum atomic E-state index is -0.673. The molecule has 0 saturated carbocycles. The van der Waals surface area contributed by atoms with Crippen LogP contribution in [-0.4, -0.2) is 58.5 Å². The van der Waals surface area contributed by atoms with Crippen molar-refractivity contribution in [2.75, 3.05) is 34.5 Å². The van der Waals surface area contributed by atoms with Gasteiger partial charge in [-0.3, -0.25) is 9.59 Å². The minimum absolute atomic E-state index is 0.170. The van der Waals surface area contributed by atoms with E-state index >= 15 is 0 Å². The zero-order valence-corrected chi connectivity index (χ0v) is 23.0. The number of hydrazone groups is 1. The summed E-state index contributed by atoms with van der Waals surface area (Å²) < 4.78 is 27.1. The molecule has 0 unspecified atom stereocenters. The highest BCUT2D eigenvalue weighted by molar-refractivity contribution is 6.33. The topological polar surface area (TPSA) is 134 Å². The maximum Gasteiger partial charge on any atom is 0.343 e. The second-order valence-electron chi connectivity index (χ2n) is 7.90. The van der Waals surface area contributed by atoms with Gasteiger partial charge in [0, 0.05) is 0 Å². The number of methoxy groups -OCH3 is 3. The molecule has 210 valence electrons. The van der Waals surface area contributed by atoms with Crippen LogP contribution >= 0.6 is 11.6 Å². The molecular weight excluding hydrogens is 542 g/mol. The van der Waals surface area contributed by atoms with Crippen molar-refractivity contribution in [2.24, 2.45) is 5.10 Å². The average molecular weight is 570 g/mol. The van der Waals surface area contributed by atoms with E-state index in [4.69, 9.17) is 35.3 Å². The van der Waals surface area contributed by atoms with Crippen LogP contribution in [0.3, 0.4) is 0 Å². The number of nitrogens with zero attached hydrogens (tertiary/aromatic N) is 1. The Morgan fingerprint density at radius 1 is 0.900 bits per heavy atom. The van der Waals surface area contributed by atoms with Crippen molar-refractivity contribution in [2.45, 2.75) is 6.92 Å². The summed E-state index contributed by atoms with van der Waals surface area (Å²) in [6.45, 7) is 1.78. The molecule has 2 amide bonds. The molecule has 3 rings (SSSR count). The summed E-state index contributed by atoms with van der Waals surface area (Å²) in [6, 6.07) is 14.2. The Hall–Kier alpha value is -4.77. The number of amides is 2. The van der Waals surface area contributed by atoms with Crippen molar-refractivity contribution in [1.29, 1.82) is 0 Å². The molecule has 3 aromatic carbocycles. The smallest absolute Gasteiger partial charge is 0.343 e. The largest absolute Gasteiger partial charge is 0.493 e. The van der Waals surface area contributed by atoms with Gasteiger partial charge in [0.2, 0.25) is 5.75 Å². The van der Waals surface area contributed by atoms with Crippen LogP contribution in [0.15, 0.2) is 59.7 Å². The Balaban J connectivity index is 1.65. The van der Waals surface area contributed by atoms with Gasteiger partial charge < -0.3 is 29.0 Å². The van der Waals surface area contributed by atoms with E-state index in [-0.39, 0.29) is 34.2 Å². The molecule has 11 nitrogen and oxygen atoms in total. The van der Waals surface area contributed by atoms with Crippen LogP contribution in [-0.2, 0) is 4.79 Å². The predicted octanol–water partition coefficient (Wildman–Crippen LogP) is 3.86. The summed E-state index contributed by atoms with van der Waals surface area (Å²) >= 11 is 5.99. The number of nitrogens with one attached hydrogen (secondary N) is 2. The second-order valence-corrected chi connectivity index (χ2v) is 8.31. The van der Waals surface area contributed by atoms with Gasteiger partial charge in [-0.15, -0.1) is 0 Å². The summed E-state index contributed by atoms with van der Waals surface area (Å²) in [5, 5.41) is 6.65. The first kappa shape index (κ1) is 29.8. The number of benzene rings is 3. The molecule has 0 aliphatic rings. The van der Waals surface area contributed by atoms with Gasteiger partial charge in [-0.1, -0.05) is 23.7 Å². The number of hydrogen-bond donors (Lipinski definition) is 2. The van der Waals surface area contributed by atoms with Crippen molar-refractivity contribution in [3.63, 3.8) is 0 Å². The van der Waals surface area contributed by atoms with E-state index in [1.54, 1.807) is 43.3 Å². The molecule has 0 radical (unpaired) electrons. The highest BCUT2D eigenvalue weighted by Gasteiger charge is 2.20. The number of rotatable bonds is 12. The molecule has 2 N–H and O–H groups in total. The fraction of sp³-hybridized carbons (Fsp3) is 0.214. The highest BCUT2D eigenvalue weighted by Crippen LogP contribution is 2.39. The highest BCUT2D eigenvalue weighted by atomic mass is 35.5. The fourth-order valence-electron chi connectivity index (χ4n) is 3.43. The molecule has 0 aromatic heterocycles. The van der Waals surface area contributed by atoms with Crippen LogP contribution in [0, 0.1) is 0 Å². The zero-order chi connectivity index (χ0) is 29.1. The molecule has 0 spiro atoms. The third-order valence-electron chi connectivity index (χ3n) is 5.30. The number of carbonyl (C=O) groups excluding carboxylic acids is 3. The van der Waals surface area contributed by atoms with Gasteiger partial charge in [-0.25, -0.2) is 10.2 Å². The lowest BCUT2D eigenvalue weighted by Gasteiger charge is -2.15. The summed E-state index contributed by atoms with van der Waals surface area (Å²) in [5.74, 6) is -0.301. The molecule has 0 bridgehead atoms. The third-order valence-corrected chi connectivity index (χ3v) is 5.63. The third kappa shape index (κ3) is 7.64. The summed E-state index contributed by atoms with van der Waals surface area (Å²) in [4.78, 5) is 37.2. The number of esters is 1. The van der Waals surface area contributed by atoms with E-state index in [1.165, 1.54) is 45.7 Å². The summed E-state index contributed by atoms with van der Waals surface area (Å²) in [5.41, 5.74) is 3.31. The number of hydrogen-bond acceptors (Lipinski definition) is 9. The molecule has 0 fully saturated rings. The molecule has 0 atom stereocenters. The molecular formula is C28H28ClN3O8. The van der Waals surface area contributed by atoms with Crippen molar-refractivity contribution >= 4 is 35.6 Å². The van der Waals surface area contributed by atoms with E-state index in [1.807, 2.05) is 0 Å². The van der Waals surface area contributed by atoms with Gasteiger partial charge in [0.1, 0.15) is 0 Å². The quantitative estimate of drug-likeness (QED) is 0.145. The van der Waals surface area contributed by atoms with Gasteiger partial charge in [0.15, 0.2) is 23.0 Å². The first-order valence-electron chi connectivity index (χ1n) is 11.9. The average Bonchev–Trinajstić information content (AvgIpc) is 2.96. The van der Waals surface area contributed by atoms with Gasteiger partial charge in [0.25, 0.3) is 11.8 Å². The van der Waals surface area contributed by atoms with Crippen LogP contribution in [0.5, 0.6) is 28.7 Å².